The molecular weight excluding hydrogens is 128 g/mol. The number of hydrogen-bond donors (Lipinski definition) is 0. The molecule has 0 N–H and O–H groups in total. The highest BCUT2D eigenvalue weighted by Gasteiger charge is 1.97. The summed E-state index contributed by atoms with van der Waals surface area (Å²) in [4.78, 5) is 0. The van der Waals surface area contributed by atoms with Crippen LogP contribution >= 0.6 is 0 Å². The van der Waals surface area contributed by atoms with Crippen LogP contribution < -0.4 is 0 Å². The van der Waals surface area contributed by atoms with Gasteiger partial charge in [-0.05, 0) is 19.8 Å². The summed E-state index contributed by atoms with van der Waals surface area (Å²) in [5.41, 5.74) is 0. The molecule has 0 bridgehead atoms. The first kappa shape index (κ1) is 9.92. The van der Waals surface area contributed by atoms with Gasteiger partial charge in [0.1, 0.15) is 0 Å². The molecule has 0 rings (SSSR count). The van der Waals surface area contributed by atoms with Crippen molar-refractivity contribution in [3.05, 3.63) is 0 Å². The van der Waals surface area contributed by atoms with Gasteiger partial charge in [-0.1, -0.05) is 13.8 Å². The van der Waals surface area contributed by atoms with Gasteiger partial charge in [-0.3, -0.25) is 0 Å². The minimum atomic E-state index is -0.0279. The molecule has 0 saturated heterocycles. The molecule has 0 aliphatic carbocycles. The highest BCUT2D eigenvalue weighted by Crippen LogP contribution is 1.95. The summed E-state index contributed by atoms with van der Waals surface area (Å²) < 4.78 is 10.5. The van der Waals surface area contributed by atoms with Crippen molar-refractivity contribution < 1.29 is 9.47 Å². The Morgan fingerprint density at radius 1 is 1.00 bits per heavy atom. The van der Waals surface area contributed by atoms with Crippen molar-refractivity contribution in [2.45, 2.75) is 39.9 Å². The maximum Gasteiger partial charge on any atom is 0.154 e. The third kappa shape index (κ3) is 6.05. The Kier molecular flexibility index (Phi) is 6.98. The molecular formula is C8H18O2. The summed E-state index contributed by atoms with van der Waals surface area (Å²) in [5.74, 6) is 0. The molecule has 0 saturated carbocycles. The van der Waals surface area contributed by atoms with E-state index >= 15 is 0 Å². The van der Waals surface area contributed by atoms with Gasteiger partial charge in [0, 0.05) is 13.2 Å². The molecule has 0 radical (unpaired) electrons. The maximum atomic E-state index is 5.27. The van der Waals surface area contributed by atoms with Gasteiger partial charge in [-0.15, -0.1) is 0 Å². The highest BCUT2D eigenvalue weighted by molar-refractivity contribution is 4.32. The van der Waals surface area contributed by atoms with Crippen LogP contribution in [0, 0.1) is 0 Å². The Bertz CT molecular complexity index is 56.3. The van der Waals surface area contributed by atoms with Gasteiger partial charge in [-0.25, -0.2) is 0 Å². The van der Waals surface area contributed by atoms with Gasteiger partial charge >= 0.3 is 0 Å². The fourth-order valence-corrected chi connectivity index (χ4v) is 0.616. The third-order valence-corrected chi connectivity index (χ3v) is 1.11. The van der Waals surface area contributed by atoms with Crippen LogP contribution in [0.2, 0.25) is 0 Å². The Morgan fingerprint density at radius 2 is 1.40 bits per heavy atom. The zero-order valence-electron chi connectivity index (χ0n) is 7.22. The second kappa shape index (κ2) is 7.03. The van der Waals surface area contributed by atoms with E-state index in [1.165, 1.54) is 0 Å². The smallest absolute Gasteiger partial charge is 0.154 e. The summed E-state index contributed by atoms with van der Waals surface area (Å²) in [7, 11) is 0. The van der Waals surface area contributed by atoms with Gasteiger partial charge in [0.2, 0.25) is 0 Å². The average molecular weight is 146 g/mol. The molecule has 10 heavy (non-hydrogen) atoms. The van der Waals surface area contributed by atoms with Crippen LogP contribution in [-0.2, 0) is 9.47 Å². The van der Waals surface area contributed by atoms with E-state index in [9.17, 15) is 0 Å². The van der Waals surface area contributed by atoms with Crippen molar-refractivity contribution in [2.24, 2.45) is 0 Å². The fourth-order valence-electron chi connectivity index (χ4n) is 0.616. The van der Waals surface area contributed by atoms with Crippen LogP contribution in [0.1, 0.15) is 33.6 Å². The zero-order chi connectivity index (χ0) is 7.82. The molecule has 0 aromatic heterocycles. The minimum absolute atomic E-state index is 0.0279. The Balaban J connectivity index is 3.00. The number of rotatable bonds is 6. The van der Waals surface area contributed by atoms with Gasteiger partial charge in [0.25, 0.3) is 0 Å². The van der Waals surface area contributed by atoms with Crippen molar-refractivity contribution in [1.82, 2.24) is 0 Å². The standard InChI is InChI=1S/C8H18O2/c1-4-6-9-8(3)10-7-5-2/h8H,4-7H2,1-3H3. The zero-order valence-corrected chi connectivity index (χ0v) is 7.22. The first-order chi connectivity index (χ1) is 4.81. The molecule has 0 spiro atoms. The summed E-state index contributed by atoms with van der Waals surface area (Å²) in [5, 5.41) is 0. The molecule has 2 nitrogen and oxygen atoms in total. The Labute approximate surface area is 63.5 Å². The van der Waals surface area contributed by atoms with Crippen LogP contribution in [0.4, 0.5) is 0 Å². The largest absolute Gasteiger partial charge is 0.353 e. The van der Waals surface area contributed by atoms with E-state index in [-0.39, 0.29) is 6.29 Å². The summed E-state index contributed by atoms with van der Waals surface area (Å²) in [6.45, 7) is 7.71. The van der Waals surface area contributed by atoms with Gasteiger partial charge in [0.15, 0.2) is 6.29 Å². The molecule has 0 fully saturated rings. The molecule has 0 aromatic carbocycles. The normalized spacial score (nSPS) is 10.8. The average Bonchev–Trinajstić information content (AvgIpc) is 1.97. The first-order valence-corrected chi connectivity index (χ1v) is 4.04. The van der Waals surface area contributed by atoms with Crippen molar-refractivity contribution in [3.63, 3.8) is 0 Å². The topological polar surface area (TPSA) is 18.5 Å². The molecule has 0 aliphatic rings. The van der Waals surface area contributed by atoms with Crippen molar-refractivity contribution in [2.75, 3.05) is 13.2 Å². The predicted octanol–water partition coefficient (Wildman–Crippen LogP) is 2.19. The predicted molar refractivity (Wildman–Crippen MR) is 41.9 cm³/mol. The lowest BCUT2D eigenvalue weighted by atomic mass is 10.5. The van der Waals surface area contributed by atoms with Crippen molar-refractivity contribution >= 4 is 0 Å². The SMILES string of the molecule is CCCOC(C)OCCC. The van der Waals surface area contributed by atoms with E-state index < -0.39 is 0 Å². The summed E-state index contributed by atoms with van der Waals surface area (Å²) in [6.07, 6.45) is 2.08. The van der Waals surface area contributed by atoms with Crippen molar-refractivity contribution in [3.8, 4) is 0 Å². The van der Waals surface area contributed by atoms with E-state index in [4.69, 9.17) is 9.47 Å². The lowest BCUT2D eigenvalue weighted by Crippen LogP contribution is -2.13. The molecule has 62 valence electrons. The summed E-state index contributed by atoms with van der Waals surface area (Å²) >= 11 is 0. The van der Waals surface area contributed by atoms with Crippen LogP contribution in [0.25, 0.3) is 0 Å². The quantitative estimate of drug-likeness (QED) is 0.535. The van der Waals surface area contributed by atoms with Crippen LogP contribution in [0.15, 0.2) is 0 Å². The number of ether oxygens (including phenoxy) is 2. The van der Waals surface area contributed by atoms with Gasteiger partial charge in [0.05, 0.1) is 0 Å². The lowest BCUT2D eigenvalue weighted by Gasteiger charge is -2.12. The minimum Gasteiger partial charge on any atom is -0.353 e. The molecule has 0 atom stereocenters. The van der Waals surface area contributed by atoms with E-state index in [0.717, 1.165) is 26.1 Å². The molecule has 2 heteroatoms. The molecule has 0 amide bonds. The van der Waals surface area contributed by atoms with Gasteiger partial charge in [-0.2, -0.15) is 0 Å². The molecule has 0 aromatic rings. The van der Waals surface area contributed by atoms with Crippen LogP contribution in [0.3, 0.4) is 0 Å². The van der Waals surface area contributed by atoms with E-state index in [1.807, 2.05) is 6.92 Å². The number of hydrogen-bond acceptors (Lipinski definition) is 2. The van der Waals surface area contributed by atoms with E-state index in [0.29, 0.717) is 0 Å². The van der Waals surface area contributed by atoms with Gasteiger partial charge < -0.3 is 9.47 Å². The Morgan fingerprint density at radius 3 is 1.70 bits per heavy atom. The summed E-state index contributed by atoms with van der Waals surface area (Å²) in [6, 6.07) is 0. The first-order valence-electron chi connectivity index (χ1n) is 4.04. The molecule has 0 aliphatic heterocycles. The fraction of sp³-hybridized carbons (Fsp3) is 1.00. The second-order valence-corrected chi connectivity index (χ2v) is 2.31. The lowest BCUT2D eigenvalue weighted by molar-refractivity contribution is -0.130. The van der Waals surface area contributed by atoms with Crippen LogP contribution in [-0.4, -0.2) is 19.5 Å². The Hall–Kier alpha value is -0.0800. The van der Waals surface area contributed by atoms with E-state index in [2.05, 4.69) is 13.8 Å². The molecule has 0 heterocycles. The van der Waals surface area contributed by atoms with Crippen LogP contribution in [0.5, 0.6) is 0 Å². The molecule has 0 unspecified atom stereocenters. The maximum absolute atomic E-state index is 5.27. The monoisotopic (exact) mass is 146 g/mol. The van der Waals surface area contributed by atoms with Crippen molar-refractivity contribution in [1.29, 1.82) is 0 Å². The van der Waals surface area contributed by atoms with E-state index in [1.54, 1.807) is 0 Å². The second-order valence-electron chi connectivity index (χ2n) is 2.31. The highest BCUT2D eigenvalue weighted by atomic mass is 16.7. The third-order valence-electron chi connectivity index (χ3n) is 1.11.